The molecule has 0 atom stereocenters. The van der Waals surface area contributed by atoms with E-state index in [4.69, 9.17) is 11.6 Å². The van der Waals surface area contributed by atoms with Gasteiger partial charge in [-0.1, -0.05) is 11.6 Å². The average molecular weight is 519 g/mol. The lowest BCUT2D eigenvalue weighted by Gasteiger charge is -2.37. The van der Waals surface area contributed by atoms with Gasteiger partial charge in [0.25, 0.3) is 5.91 Å². The van der Waals surface area contributed by atoms with Crippen molar-refractivity contribution >= 4 is 45.8 Å². The number of anilines is 1. The molecule has 3 amide bonds. The number of piperazine rings is 1. The molecule has 1 aromatic heterocycles. The first kappa shape index (κ1) is 25.6. The summed E-state index contributed by atoms with van der Waals surface area (Å²) < 4.78 is 0. The first-order valence-corrected chi connectivity index (χ1v) is 13.1. The molecular formula is C24H31ClN6O3S. The highest BCUT2D eigenvalue weighted by Gasteiger charge is 2.26. The molecule has 9 nitrogen and oxygen atoms in total. The molecule has 0 radical (unpaired) electrons. The standard InChI is InChI=1S/C24H31ClN6O3S/c1-29(20-6-8-26-9-7-20)22(33)15-30-10-12-31(13-11-30)21(32)14-19-16-35-24(27-19)28-23(34)17-2-4-18(25)5-3-17/h2-5,16,20,26H,6-15H2,1H3,(H,27,28,34). The third-order valence-corrected chi connectivity index (χ3v) is 7.60. The Morgan fingerprint density at radius 3 is 2.51 bits per heavy atom. The zero-order valence-electron chi connectivity index (χ0n) is 19.8. The van der Waals surface area contributed by atoms with Crippen molar-refractivity contribution in [3.63, 3.8) is 0 Å². The minimum Gasteiger partial charge on any atom is -0.342 e. The number of halogens is 1. The van der Waals surface area contributed by atoms with Crippen LogP contribution in [0.1, 0.15) is 28.9 Å². The monoisotopic (exact) mass is 518 g/mol. The molecule has 3 heterocycles. The Labute approximate surface area is 214 Å². The fraction of sp³-hybridized carbons (Fsp3) is 0.500. The topological polar surface area (TPSA) is 97.9 Å². The van der Waals surface area contributed by atoms with Gasteiger partial charge in [0, 0.05) is 55.2 Å². The summed E-state index contributed by atoms with van der Waals surface area (Å²) >= 11 is 7.16. The molecule has 2 aromatic rings. The fourth-order valence-corrected chi connectivity index (χ4v) is 5.17. The van der Waals surface area contributed by atoms with Crippen molar-refractivity contribution in [3.8, 4) is 0 Å². The van der Waals surface area contributed by atoms with Gasteiger partial charge in [-0.3, -0.25) is 24.6 Å². The van der Waals surface area contributed by atoms with E-state index in [1.807, 2.05) is 16.8 Å². The van der Waals surface area contributed by atoms with Gasteiger partial charge in [-0.05, 0) is 50.2 Å². The zero-order chi connectivity index (χ0) is 24.8. The van der Waals surface area contributed by atoms with Crippen LogP contribution in [0.25, 0.3) is 0 Å². The molecule has 11 heteroatoms. The highest BCUT2D eigenvalue weighted by molar-refractivity contribution is 7.14. The Balaban J connectivity index is 1.20. The second-order valence-electron chi connectivity index (χ2n) is 8.92. The molecule has 2 N–H and O–H groups in total. The Kier molecular flexibility index (Phi) is 8.72. The number of likely N-dealkylation sites (N-methyl/N-ethyl adjacent to an activating group) is 1. The molecule has 2 fully saturated rings. The molecule has 0 aliphatic carbocycles. The number of carbonyl (C=O) groups excluding carboxylic acids is 3. The van der Waals surface area contributed by atoms with Crippen LogP contribution in [0.15, 0.2) is 29.6 Å². The Hall–Kier alpha value is -2.53. The second kappa shape index (κ2) is 11.9. The van der Waals surface area contributed by atoms with Crippen LogP contribution in [0.3, 0.4) is 0 Å². The van der Waals surface area contributed by atoms with Gasteiger partial charge >= 0.3 is 0 Å². The molecule has 4 rings (SSSR count). The van der Waals surface area contributed by atoms with E-state index < -0.39 is 0 Å². The van der Waals surface area contributed by atoms with Crippen molar-refractivity contribution < 1.29 is 14.4 Å². The molecule has 0 saturated carbocycles. The number of aromatic nitrogens is 1. The van der Waals surface area contributed by atoms with E-state index in [0.29, 0.717) is 60.2 Å². The minimum absolute atomic E-state index is 0.00341. The van der Waals surface area contributed by atoms with Crippen molar-refractivity contribution in [1.29, 1.82) is 0 Å². The third kappa shape index (κ3) is 7.00. The van der Waals surface area contributed by atoms with Crippen LogP contribution in [0.4, 0.5) is 5.13 Å². The molecule has 0 bridgehead atoms. The van der Waals surface area contributed by atoms with Crippen molar-refractivity contribution in [2.24, 2.45) is 0 Å². The average Bonchev–Trinajstić information content (AvgIpc) is 3.31. The van der Waals surface area contributed by atoms with Gasteiger partial charge in [-0.25, -0.2) is 4.98 Å². The summed E-state index contributed by atoms with van der Waals surface area (Å²) in [5.74, 6) is -0.124. The van der Waals surface area contributed by atoms with Gasteiger partial charge in [-0.2, -0.15) is 0 Å². The number of benzene rings is 1. The van der Waals surface area contributed by atoms with Crippen LogP contribution < -0.4 is 10.6 Å². The van der Waals surface area contributed by atoms with Crippen molar-refractivity contribution in [2.45, 2.75) is 25.3 Å². The predicted molar refractivity (Wildman–Crippen MR) is 137 cm³/mol. The van der Waals surface area contributed by atoms with Crippen LogP contribution >= 0.6 is 22.9 Å². The summed E-state index contributed by atoms with van der Waals surface area (Å²) in [6, 6.07) is 6.92. The van der Waals surface area contributed by atoms with Crippen molar-refractivity contribution in [2.75, 3.05) is 58.2 Å². The van der Waals surface area contributed by atoms with Gasteiger partial charge in [0.2, 0.25) is 11.8 Å². The molecule has 35 heavy (non-hydrogen) atoms. The van der Waals surface area contributed by atoms with Crippen molar-refractivity contribution in [3.05, 3.63) is 45.9 Å². The SMILES string of the molecule is CN(C(=O)CN1CCN(C(=O)Cc2csc(NC(=O)c3ccc(Cl)cc3)n2)CC1)C1CCNCC1. The number of carbonyl (C=O) groups is 3. The largest absolute Gasteiger partial charge is 0.342 e. The highest BCUT2D eigenvalue weighted by Crippen LogP contribution is 2.19. The fourth-order valence-electron chi connectivity index (χ4n) is 4.34. The first-order chi connectivity index (χ1) is 16.9. The van der Waals surface area contributed by atoms with E-state index in [2.05, 4.69) is 20.5 Å². The summed E-state index contributed by atoms with van der Waals surface area (Å²) in [6.07, 6.45) is 2.17. The predicted octanol–water partition coefficient (Wildman–Crippen LogP) is 1.95. The van der Waals surface area contributed by atoms with Crippen LogP contribution in [-0.4, -0.2) is 96.3 Å². The molecule has 2 aliphatic rings. The Bertz CT molecular complexity index is 1030. The summed E-state index contributed by atoms with van der Waals surface area (Å²) in [7, 11) is 1.90. The number of piperidine rings is 1. The number of hydrogen-bond donors (Lipinski definition) is 2. The smallest absolute Gasteiger partial charge is 0.257 e. The van der Waals surface area contributed by atoms with E-state index in [1.165, 1.54) is 11.3 Å². The lowest BCUT2D eigenvalue weighted by Crippen LogP contribution is -2.53. The second-order valence-corrected chi connectivity index (χ2v) is 10.2. The first-order valence-electron chi connectivity index (χ1n) is 11.9. The third-order valence-electron chi connectivity index (χ3n) is 6.54. The van der Waals surface area contributed by atoms with E-state index in [0.717, 1.165) is 25.9 Å². The zero-order valence-corrected chi connectivity index (χ0v) is 21.4. The highest BCUT2D eigenvalue weighted by atomic mass is 35.5. The van der Waals surface area contributed by atoms with E-state index in [1.54, 1.807) is 29.6 Å². The number of nitrogens with one attached hydrogen (secondary N) is 2. The van der Waals surface area contributed by atoms with Crippen LogP contribution in [0.5, 0.6) is 0 Å². The quantitative estimate of drug-likeness (QED) is 0.581. The van der Waals surface area contributed by atoms with Gasteiger partial charge < -0.3 is 15.1 Å². The number of amides is 3. The molecule has 2 saturated heterocycles. The lowest BCUT2D eigenvalue weighted by molar-refractivity contribution is -0.135. The summed E-state index contributed by atoms with van der Waals surface area (Å²) in [6.45, 7) is 4.84. The van der Waals surface area contributed by atoms with E-state index >= 15 is 0 Å². The Morgan fingerprint density at radius 2 is 1.83 bits per heavy atom. The molecule has 0 spiro atoms. The summed E-state index contributed by atoms with van der Waals surface area (Å²) in [5.41, 5.74) is 1.12. The molecular weight excluding hydrogens is 488 g/mol. The number of thiazole rings is 1. The molecule has 188 valence electrons. The molecule has 1 aromatic carbocycles. The van der Waals surface area contributed by atoms with Gasteiger partial charge in [0.05, 0.1) is 18.7 Å². The molecule has 0 unspecified atom stereocenters. The van der Waals surface area contributed by atoms with Crippen LogP contribution in [-0.2, 0) is 16.0 Å². The van der Waals surface area contributed by atoms with E-state index in [-0.39, 0.29) is 24.1 Å². The van der Waals surface area contributed by atoms with E-state index in [9.17, 15) is 14.4 Å². The summed E-state index contributed by atoms with van der Waals surface area (Å²) in [4.78, 5) is 48.1. The van der Waals surface area contributed by atoms with Gasteiger partial charge in [0.1, 0.15) is 0 Å². The van der Waals surface area contributed by atoms with Crippen LogP contribution in [0.2, 0.25) is 5.02 Å². The van der Waals surface area contributed by atoms with Gasteiger partial charge in [0.15, 0.2) is 5.13 Å². The Morgan fingerprint density at radius 1 is 1.14 bits per heavy atom. The number of rotatable bonds is 7. The van der Waals surface area contributed by atoms with Gasteiger partial charge in [-0.15, -0.1) is 11.3 Å². The van der Waals surface area contributed by atoms with Crippen LogP contribution in [0, 0.1) is 0 Å². The lowest BCUT2D eigenvalue weighted by atomic mass is 10.1. The number of nitrogens with zero attached hydrogens (tertiary/aromatic N) is 4. The van der Waals surface area contributed by atoms with Crippen molar-refractivity contribution in [1.82, 2.24) is 25.0 Å². The molecule has 2 aliphatic heterocycles. The maximum absolute atomic E-state index is 12.8. The normalized spacial score (nSPS) is 17.3. The maximum atomic E-state index is 12.8. The maximum Gasteiger partial charge on any atom is 0.257 e. The number of hydrogen-bond acceptors (Lipinski definition) is 7. The minimum atomic E-state index is -0.273. The summed E-state index contributed by atoms with van der Waals surface area (Å²) in [5, 5.41) is 8.90.